The molecule has 2 atom stereocenters. The van der Waals surface area contributed by atoms with Gasteiger partial charge in [0, 0.05) is 41.8 Å². The third-order valence-electron chi connectivity index (χ3n) is 7.01. The van der Waals surface area contributed by atoms with Crippen LogP contribution in [0.15, 0.2) is 72.9 Å². The molecule has 1 fully saturated rings. The van der Waals surface area contributed by atoms with Crippen LogP contribution in [-0.2, 0) is 9.53 Å². The van der Waals surface area contributed by atoms with Crippen molar-refractivity contribution in [2.24, 2.45) is 0 Å². The number of benzene rings is 2. The molecule has 1 saturated heterocycles. The third kappa shape index (κ3) is 5.15. The van der Waals surface area contributed by atoms with Crippen LogP contribution in [0.25, 0.3) is 5.69 Å². The van der Waals surface area contributed by atoms with Gasteiger partial charge in [0.05, 0.1) is 17.8 Å². The number of nitrogens with one attached hydrogen (secondary N) is 2. The zero-order valence-electron chi connectivity index (χ0n) is 22.2. The first-order valence-corrected chi connectivity index (χ1v) is 13.0. The van der Waals surface area contributed by atoms with Crippen LogP contribution in [0.4, 0.5) is 15.8 Å². The molecule has 0 spiro atoms. The van der Waals surface area contributed by atoms with Crippen LogP contribution < -0.4 is 15.5 Å². The number of ether oxygens (including phenoxy) is 1. The van der Waals surface area contributed by atoms with E-state index in [4.69, 9.17) is 17.0 Å². The van der Waals surface area contributed by atoms with Crippen LogP contribution in [0, 0.1) is 26.6 Å². The molecule has 2 N–H and O–H groups in total. The van der Waals surface area contributed by atoms with Gasteiger partial charge in [-0.15, -0.1) is 0 Å². The number of amides is 1. The Bertz CT molecular complexity index is 1520. The van der Waals surface area contributed by atoms with Gasteiger partial charge in [-0.2, -0.15) is 0 Å². The highest BCUT2D eigenvalue weighted by Crippen LogP contribution is 2.44. The standard InChI is InChI=1S/C30H30FN5O2S/c1-18-15-23(12-13-25(18)33-27(37)17-38-4)36-29(28(34-30(36)39)26-7-5-6-14-32-26)24-16-19(2)35(20(24)3)22-10-8-21(31)9-11-22/h5-16,28-29H,17H2,1-4H3,(H,33,37)(H,34,39)/t28-,29-/m0/s1. The molecule has 0 bridgehead atoms. The molecule has 1 aliphatic heterocycles. The fraction of sp³-hybridized carbons (Fsp3) is 0.233. The van der Waals surface area contributed by atoms with Gasteiger partial charge in [0.25, 0.3) is 0 Å². The van der Waals surface area contributed by atoms with Crippen molar-refractivity contribution in [3.8, 4) is 5.69 Å². The van der Waals surface area contributed by atoms with E-state index in [1.54, 1.807) is 18.3 Å². The predicted octanol–water partition coefficient (Wildman–Crippen LogP) is 5.70. The second kappa shape index (κ2) is 11.0. The Morgan fingerprint density at radius 1 is 1.08 bits per heavy atom. The number of hydrogen-bond donors (Lipinski definition) is 2. The highest BCUT2D eigenvalue weighted by Gasteiger charge is 2.42. The molecule has 0 aliphatic carbocycles. The summed E-state index contributed by atoms with van der Waals surface area (Å²) in [6.45, 7) is 6.05. The van der Waals surface area contributed by atoms with Gasteiger partial charge < -0.3 is 24.8 Å². The van der Waals surface area contributed by atoms with Crippen molar-refractivity contribution >= 4 is 34.6 Å². The van der Waals surface area contributed by atoms with Gasteiger partial charge in [0.15, 0.2) is 5.11 Å². The van der Waals surface area contributed by atoms with Crippen molar-refractivity contribution in [2.45, 2.75) is 32.9 Å². The summed E-state index contributed by atoms with van der Waals surface area (Å²) in [5.74, 6) is -0.488. The van der Waals surface area contributed by atoms with Gasteiger partial charge in [-0.25, -0.2) is 4.39 Å². The number of pyridine rings is 1. The van der Waals surface area contributed by atoms with E-state index in [9.17, 15) is 9.18 Å². The second-order valence-electron chi connectivity index (χ2n) is 9.62. The van der Waals surface area contributed by atoms with E-state index in [2.05, 4.69) is 38.1 Å². The number of rotatable bonds is 7. The molecule has 3 heterocycles. The van der Waals surface area contributed by atoms with Gasteiger partial charge in [-0.1, -0.05) is 6.07 Å². The quantitative estimate of drug-likeness (QED) is 0.292. The minimum Gasteiger partial charge on any atom is -0.375 e. The number of aromatic nitrogens is 2. The van der Waals surface area contributed by atoms with Crippen molar-refractivity contribution in [3.63, 3.8) is 0 Å². The molecule has 1 amide bonds. The van der Waals surface area contributed by atoms with Gasteiger partial charge in [-0.3, -0.25) is 9.78 Å². The number of hydrogen-bond acceptors (Lipinski definition) is 4. The Kier molecular flexibility index (Phi) is 7.45. The van der Waals surface area contributed by atoms with Crippen LogP contribution in [0.3, 0.4) is 0 Å². The Morgan fingerprint density at radius 2 is 1.82 bits per heavy atom. The van der Waals surface area contributed by atoms with E-state index in [1.807, 2.05) is 50.2 Å². The molecule has 2 aromatic heterocycles. The first-order chi connectivity index (χ1) is 18.8. The summed E-state index contributed by atoms with van der Waals surface area (Å²) in [5, 5.41) is 6.97. The first-order valence-electron chi connectivity index (χ1n) is 12.6. The molecule has 7 nitrogen and oxygen atoms in total. The van der Waals surface area contributed by atoms with E-state index < -0.39 is 0 Å². The minimum atomic E-state index is -0.273. The summed E-state index contributed by atoms with van der Waals surface area (Å²) in [6.07, 6.45) is 1.78. The lowest BCUT2D eigenvalue weighted by Crippen LogP contribution is -2.29. The summed E-state index contributed by atoms with van der Waals surface area (Å²) < 4.78 is 20.7. The number of carbonyl (C=O) groups is 1. The zero-order chi connectivity index (χ0) is 27.7. The monoisotopic (exact) mass is 543 g/mol. The SMILES string of the molecule is COCC(=O)Nc1ccc(N2C(=S)N[C@@H](c3ccccn3)[C@@H]2c2cc(C)n(-c3ccc(F)cc3)c2C)cc1C. The molecule has 200 valence electrons. The summed E-state index contributed by atoms with van der Waals surface area (Å²) in [5.41, 5.74) is 7.40. The second-order valence-corrected chi connectivity index (χ2v) is 10.0. The zero-order valence-corrected chi connectivity index (χ0v) is 23.1. The molecule has 9 heteroatoms. The minimum absolute atomic E-state index is 0.0151. The van der Waals surface area contributed by atoms with Gasteiger partial charge in [-0.05, 0) is 105 Å². The van der Waals surface area contributed by atoms with Crippen LogP contribution in [0.5, 0.6) is 0 Å². The van der Waals surface area contributed by atoms with E-state index in [0.717, 1.165) is 39.6 Å². The van der Waals surface area contributed by atoms with Crippen LogP contribution in [0.2, 0.25) is 0 Å². The average Bonchev–Trinajstić information content (AvgIpc) is 3.41. The van der Waals surface area contributed by atoms with Crippen molar-refractivity contribution in [1.82, 2.24) is 14.9 Å². The molecule has 0 radical (unpaired) electrons. The van der Waals surface area contributed by atoms with Crippen LogP contribution in [-0.4, -0.2) is 34.3 Å². The Morgan fingerprint density at radius 3 is 2.49 bits per heavy atom. The summed E-state index contributed by atoms with van der Waals surface area (Å²) in [7, 11) is 1.49. The lowest BCUT2D eigenvalue weighted by Gasteiger charge is -2.29. The number of carbonyl (C=O) groups excluding carboxylic acids is 1. The van der Waals surface area contributed by atoms with Crippen molar-refractivity contribution in [3.05, 3.63) is 107 Å². The summed E-state index contributed by atoms with van der Waals surface area (Å²) >= 11 is 5.90. The molecular weight excluding hydrogens is 513 g/mol. The van der Waals surface area contributed by atoms with Gasteiger partial charge >= 0.3 is 0 Å². The first kappa shape index (κ1) is 26.5. The van der Waals surface area contributed by atoms with Gasteiger partial charge in [0.2, 0.25) is 5.91 Å². The fourth-order valence-electron chi connectivity index (χ4n) is 5.28. The summed E-state index contributed by atoms with van der Waals surface area (Å²) in [4.78, 5) is 18.9. The maximum Gasteiger partial charge on any atom is 0.250 e. The average molecular weight is 544 g/mol. The van der Waals surface area contributed by atoms with Crippen molar-refractivity contribution in [1.29, 1.82) is 0 Å². The lowest BCUT2D eigenvalue weighted by molar-refractivity contribution is -0.119. The number of halogens is 1. The molecule has 0 unspecified atom stereocenters. The highest BCUT2D eigenvalue weighted by molar-refractivity contribution is 7.80. The van der Waals surface area contributed by atoms with E-state index in [-0.39, 0.29) is 30.4 Å². The predicted molar refractivity (Wildman–Crippen MR) is 155 cm³/mol. The molecule has 5 rings (SSSR count). The van der Waals surface area contributed by atoms with Crippen LogP contribution >= 0.6 is 12.2 Å². The smallest absolute Gasteiger partial charge is 0.250 e. The molecule has 1 aliphatic rings. The lowest BCUT2D eigenvalue weighted by atomic mass is 9.96. The topological polar surface area (TPSA) is 71.4 Å². The molecule has 39 heavy (non-hydrogen) atoms. The van der Waals surface area contributed by atoms with Gasteiger partial charge in [0.1, 0.15) is 12.4 Å². The number of anilines is 2. The Labute approximate surface area is 232 Å². The Hall–Kier alpha value is -4.08. The van der Waals surface area contributed by atoms with E-state index in [1.165, 1.54) is 19.2 Å². The summed E-state index contributed by atoms with van der Waals surface area (Å²) in [6, 6.07) is 20.0. The van der Waals surface area contributed by atoms with Crippen molar-refractivity contribution < 1.29 is 13.9 Å². The third-order valence-corrected chi connectivity index (χ3v) is 7.32. The molecule has 2 aromatic carbocycles. The fourth-order valence-corrected chi connectivity index (χ4v) is 5.62. The van der Waals surface area contributed by atoms with Crippen LogP contribution in [0.1, 0.15) is 40.3 Å². The maximum absolute atomic E-state index is 13.7. The van der Waals surface area contributed by atoms with E-state index in [0.29, 0.717) is 10.8 Å². The number of nitrogens with zero attached hydrogens (tertiary/aromatic N) is 3. The normalized spacial score (nSPS) is 16.8. The molecule has 4 aromatic rings. The largest absolute Gasteiger partial charge is 0.375 e. The molecular formula is C30H30FN5O2S. The maximum atomic E-state index is 13.7. The highest BCUT2D eigenvalue weighted by atomic mass is 32.1. The molecule has 0 saturated carbocycles. The van der Waals surface area contributed by atoms with Crippen molar-refractivity contribution in [2.75, 3.05) is 23.9 Å². The van der Waals surface area contributed by atoms with E-state index >= 15 is 0 Å². The number of aryl methyl sites for hydroxylation is 2. The number of methoxy groups -OCH3 is 1. The Balaban J connectivity index is 1.60. The number of thiocarbonyl (C=S) groups is 1.